The van der Waals surface area contributed by atoms with Crippen molar-refractivity contribution in [1.82, 2.24) is 20.1 Å². The van der Waals surface area contributed by atoms with Crippen LogP contribution in [0, 0.1) is 6.92 Å². The summed E-state index contributed by atoms with van der Waals surface area (Å²) in [7, 11) is 1.94. The highest BCUT2D eigenvalue weighted by Crippen LogP contribution is 2.30. The van der Waals surface area contributed by atoms with Gasteiger partial charge in [-0.15, -0.1) is 0 Å². The van der Waals surface area contributed by atoms with E-state index in [1.807, 2.05) is 42.1 Å². The molecule has 2 aromatic carbocycles. The number of aryl methyl sites for hydroxylation is 2. The van der Waals surface area contributed by atoms with Gasteiger partial charge in [0.15, 0.2) is 6.39 Å². The van der Waals surface area contributed by atoms with Crippen LogP contribution < -0.4 is 10.6 Å². The van der Waals surface area contributed by atoms with E-state index in [-0.39, 0.29) is 12.6 Å². The summed E-state index contributed by atoms with van der Waals surface area (Å²) in [5.41, 5.74) is 4.92. The molecule has 0 aliphatic rings. The first-order chi connectivity index (χ1) is 13.1. The molecule has 0 spiro atoms. The molecule has 0 unspecified atom stereocenters. The molecule has 0 atom stereocenters. The minimum Gasteiger partial charge on any atom is -0.447 e. The first-order valence-corrected chi connectivity index (χ1v) is 8.57. The number of rotatable bonds is 4. The molecule has 0 radical (unpaired) electrons. The fraction of sp³-hybridized carbons (Fsp3) is 0.150. The van der Waals surface area contributed by atoms with Crippen LogP contribution in [0.5, 0.6) is 0 Å². The Morgan fingerprint density at radius 2 is 2.00 bits per heavy atom. The van der Waals surface area contributed by atoms with Gasteiger partial charge in [0.1, 0.15) is 11.5 Å². The normalized spacial score (nSPS) is 10.9. The van der Waals surface area contributed by atoms with Crippen LogP contribution in [-0.4, -0.2) is 20.8 Å². The summed E-state index contributed by atoms with van der Waals surface area (Å²) in [6, 6.07) is 13.5. The van der Waals surface area contributed by atoms with Crippen molar-refractivity contribution >= 4 is 22.6 Å². The number of hydrogen-bond acceptors (Lipinski definition) is 4. The highest BCUT2D eigenvalue weighted by Gasteiger charge is 2.12. The summed E-state index contributed by atoms with van der Waals surface area (Å²) >= 11 is 0. The topological polar surface area (TPSA) is 85.0 Å². The number of aromatic nitrogens is 3. The molecule has 2 amide bonds. The molecule has 0 aliphatic heterocycles. The van der Waals surface area contributed by atoms with E-state index in [2.05, 4.69) is 39.8 Å². The quantitative estimate of drug-likeness (QED) is 0.578. The summed E-state index contributed by atoms with van der Waals surface area (Å²) in [6.07, 6.45) is 2.89. The number of hydrogen-bond donors (Lipinski definition) is 2. The molecular weight excluding hydrogens is 342 g/mol. The van der Waals surface area contributed by atoms with Gasteiger partial charge in [-0.3, -0.25) is 4.68 Å². The SMILES string of the molecule is Cc1cccc2c1c(-c1ccc(NC(=O)NCc3cnco3)cc1)nn2C. The van der Waals surface area contributed by atoms with Crippen LogP contribution in [0.1, 0.15) is 11.3 Å². The molecule has 0 aliphatic carbocycles. The summed E-state index contributed by atoms with van der Waals surface area (Å²) in [5, 5.41) is 11.3. The second kappa shape index (κ2) is 6.95. The number of carbonyl (C=O) groups excluding carboxylic acids is 1. The van der Waals surface area contributed by atoms with Crippen LogP contribution in [0.4, 0.5) is 10.5 Å². The van der Waals surface area contributed by atoms with E-state index >= 15 is 0 Å². The van der Waals surface area contributed by atoms with E-state index in [1.165, 1.54) is 12.0 Å². The first kappa shape index (κ1) is 16.8. The molecule has 7 nitrogen and oxygen atoms in total. The fourth-order valence-electron chi connectivity index (χ4n) is 3.07. The third kappa shape index (κ3) is 3.39. The number of fused-ring (bicyclic) bond motifs is 1. The number of oxazole rings is 1. The molecular formula is C20H19N5O2. The molecule has 2 aromatic heterocycles. The van der Waals surface area contributed by atoms with Crippen LogP contribution in [-0.2, 0) is 13.6 Å². The summed E-state index contributed by atoms with van der Waals surface area (Å²) in [6.45, 7) is 2.37. The lowest BCUT2D eigenvalue weighted by atomic mass is 10.0. The number of urea groups is 1. The van der Waals surface area contributed by atoms with Gasteiger partial charge in [0.05, 0.1) is 18.3 Å². The molecule has 4 rings (SSSR count). The Bertz CT molecular complexity index is 1080. The van der Waals surface area contributed by atoms with E-state index in [4.69, 9.17) is 4.42 Å². The standard InChI is InChI=1S/C20H19N5O2/c1-13-4-3-5-17-18(13)19(24-25(17)2)14-6-8-15(9-7-14)23-20(26)22-11-16-10-21-12-27-16/h3-10,12H,11H2,1-2H3,(H2,22,23,26). The van der Waals surface area contributed by atoms with Crippen molar-refractivity contribution in [2.75, 3.05) is 5.32 Å². The minimum atomic E-state index is -0.307. The maximum absolute atomic E-state index is 12.0. The zero-order chi connectivity index (χ0) is 18.8. The van der Waals surface area contributed by atoms with E-state index in [0.717, 1.165) is 22.2 Å². The van der Waals surface area contributed by atoms with Gasteiger partial charge in [0.2, 0.25) is 0 Å². The maximum atomic E-state index is 12.0. The van der Waals surface area contributed by atoms with E-state index in [9.17, 15) is 4.79 Å². The number of amides is 2. The summed E-state index contributed by atoms with van der Waals surface area (Å²) in [4.78, 5) is 15.8. The third-order valence-electron chi connectivity index (χ3n) is 4.41. The van der Waals surface area contributed by atoms with Gasteiger partial charge in [0, 0.05) is 23.7 Å². The molecule has 0 fully saturated rings. The highest BCUT2D eigenvalue weighted by molar-refractivity contribution is 5.96. The molecule has 0 bridgehead atoms. The largest absolute Gasteiger partial charge is 0.447 e. The predicted molar refractivity (Wildman–Crippen MR) is 103 cm³/mol. The molecule has 7 heteroatoms. The van der Waals surface area contributed by atoms with Crippen LogP contribution in [0.15, 0.2) is 59.5 Å². The zero-order valence-electron chi connectivity index (χ0n) is 15.1. The minimum absolute atomic E-state index is 0.281. The highest BCUT2D eigenvalue weighted by atomic mass is 16.3. The van der Waals surface area contributed by atoms with Crippen molar-refractivity contribution in [3.05, 3.63) is 66.4 Å². The van der Waals surface area contributed by atoms with Gasteiger partial charge < -0.3 is 15.1 Å². The van der Waals surface area contributed by atoms with Crippen LogP contribution in [0.3, 0.4) is 0 Å². The van der Waals surface area contributed by atoms with Crippen molar-refractivity contribution in [2.45, 2.75) is 13.5 Å². The van der Waals surface area contributed by atoms with Gasteiger partial charge >= 0.3 is 6.03 Å². The molecule has 2 heterocycles. The van der Waals surface area contributed by atoms with Crippen LogP contribution >= 0.6 is 0 Å². The van der Waals surface area contributed by atoms with Gasteiger partial charge in [-0.05, 0) is 30.7 Å². The Kier molecular flexibility index (Phi) is 4.33. The Balaban J connectivity index is 1.50. The average molecular weight is 361 g/mol. The third-order valence-corrected chi connectivity index (χ3v) is 4.41. The number of nitrogens with zero attached hydrogens (tertiary/aromatic N) is 3. The summed E-state index contributed by atoms with van der Waals surface area (Å²) < 4.78 is 6.97. The van der Waals surface area contributed by atoms with Gasteiger partial charge in [-0.1, -0.05) is 24.3 Å². The van der Waals surface area contributed by atoms with Crippen molar-refractivity contribution in [1.29, 1.82) is 0 Å². The smallest absolute Gasteiger partial charge is 0.319 e. The fourth-order valence-corrected chi connectivity index (χ4v) is 3.07. The lowest BCUT2D eigenvalue weighted by Gasteiger charge is -2.07. The van der Waals surface area contributed by atoms with E-state index in [1.54, 1.807) is 6.20 Å². The molecule has 0 saturated carbocycles. The van der Waals surface area contributed by atoms with Crippen molar-refractivity contribution in [3.8, 4) is 11.3 Å². The Morgan fingerprint density at radius 1 is 1.19 bits per heavy atom. The Hall–Kier alpha value is -3.61. The maximum Gasteiger partial charge on any atom is 0.319 e. The summed E-state index contributed by atoms with van der Waals surface area (Å²) in [5.74, 6) is 0.595. The molecule has 4 aromatic rings. The predicted octanol–water partition coefficient (Wildman–Crippen LogP) is 3.86. The number of anilines is 1. The van der Waals surface area contributed by atoms with E-state index in [0.29, 0.717) is 11.4 Å². The van der Waals surface area contributed by atoms with E-state index < -0.39 is 0 Å². The lowest BCUT2D eigenvalue weighted by molar-refractivity contribution is 0.251. The second-order valence-corrected chi connectivity index (χ2v) is 6.29. The van der Waals surface area contributed by atoms with Crippen molar-refractivity contribution < 1.29 is 9.21 Å². The van der Waals surface area contributed by atoms with Gasteiger partial charge in [-0.25, -0.2) is 9.78 Å². The average Bonchev–Trinajstić information content (AvgIpc) is 3.30. The molecule has 2 N–H and O–H groups in total. The van der Waals surface area contributed by atoms with Gasteiger partial charge in [-0.2, -0.15) is 5.10 Å². The van der Waals surface area contributed by atoms with Crippen LogP contribution in [0.2, 0.25) is 0 Å². The van der Waals surface area contributed by atoms with Gasteiger partial charge in [0.25, 0.3) is 0 Å². The van der Waals surface area contributed by atoms with Crippen molar-refractivity contribution in [3.63, 3.8) is 0 Å². The zero-order valence-corrected chi connectivity index (χ0v) is 15.1. The first-order valence-electron chi connectivity index (χ1n) is 8.57. The Labute approximate surface area is 156 Å². The Morgan fingerprint density at radius 3 is 2.74 bits per heavy atom. The van der Waals surface area contributed by atoms with Crippen molar-refractivity contribution in [2.24, 2.45) is 7.05 Å². The molecule has 0 saturated heterocycles. The molecule has 136 valence electrons. The number of benzene rings is 2. The lowest BCUT2D eigenvalue weighted by Crippen LogP contribution is -2.27. The van der Waals surface area contributed by atoms with Crippen LogP contribution in [0.25, 0.3) is 22.2 Å². The monoisotopic (exact) mass is 361 g/mol. The second-order valence-electron chi connectivity index (χ2n) is 6.29. The molecule has 27 heavy (non-hydrogen) atoms. The number of nitrogens with one attached hydrogen (secondary N) is 2. The number of carbonyl (C=O) groups is 1.